The highest BCUT2D eigenvalue weighted by Crippen LogP contribution is 2.36. The number of nitrogens with zero attached hydrogens (tertiary/aromatic N) is 1. The standard InChI is InChI=1S/C14H11F3N2O4.ClH/c15-14(16,17)9-3-1-2-7-11(18-5-4-10(20)21)8(13(22)23)6-19-12(7)9;/h1-3,6H,4-5H2,(H,18,19)(H,20,21)(H,22,23);1H. The Morgan fingerprint density at radius 1 is 1.21 bits per heavy atom. The Kier molecular flexibility index (Phi) is 5.97. The van der Waals surface area contributed by atoms with Gasteiger partial charge in [0.25, 0.3) is 0 Å². The summed E-state index contributed by atoms with van der Waals surface area (Å²) < 4.78 is 39.0. The van der Waals surface area contributed by atoms with Crippen LogP contribution in [0.15, 0.2) is 24.4 Å². The number of nitrogens with one attached hydrogen (secondary N) is 1. The molecule has 0 aliphatic rings. The highest BCUT2D eigenvalue weighted by Gasteiger charge is 2.33. The molecule has 1 aromatic carbocycles. The SMILES string of the molecule is Cl.O=C(O)CCNc1c(C(=O)O)cnc2c(C(F)(F)F)cccc12. The third kappa shape index (κ3) is 4.05. The highest BCUT2D eigenvalue weighted by molar-refractivity contribution is 6.05. The fraction of sp³-hybridized carbons (Fsp3) is 0.214. The van der Waals surface area contributed by atoms with Crippen molar-refractivity contribution in [2.75, 3.05) is 11.9 Å². The number of aromatic nitrogens is 1. The molecule has 0 spiro atoms. The Balaban J connectivity index is 0.00000288. The molecule has 2 aromatic rings. The zero-order valence-corrected chi connectivity index (χ0v) is 12.7. The van der Waals surface area contributed by atoms with E-state index in [0.717, 1.165) is 18.3 Å². The Labute approximate surface area is 139 Å². The maximum absolute atomic E-state index is 13.0. The second kappa shape index (κ2) is 7.35. The molecule has 3 N–H and O–H groups in total. The van der Waals surface area contributed by atoms with Crippen LogP contribution >= 0.6 is 12.4 Å². The number of pyridine rings is 1. The summed E-state index contributed by atoms with van der Waals surface area (Å²) in [7, 11) is 0. The summed E-state index contributed by atoms with van der Waals surface area (Å²) in [5.41, 5.74) is -1.81. The minimum absolute atomic E-state index is 0. The molecular formula is C14H12ClF3N2O4. The summed E-state index contributed by atoms with van der Waals surface area (Å²) in [6.45, 7) is -0.134. The topological polar surface area (TPSA) is 99.5 Å². The van der Waals surface area contributed by atoms with Crippen molar-refractivity contribution in [2.45, 2.75) is 12.6 Å². The lowest BCUT2D eigenvalue weighted by atomic mass is 10.0. The number of fused-ring (bicyclic) bond motifs is 1. The van der Waals surface area contributed by atoms with Crippen LogP contribution in [0.1, 0.15) is 22.3 Å². The largest absolute Gasteiger partial charge is 0.481 e. The Bertz CT molecular complexity index is 780. The number of rotatable bonds is 5. The van der Waals surface area contributed by atoms with Gasteiger partial charge in [0, 0.05) is 18.1 Å². The van der Waals surface area contributed by atoms with E-state index < -0.39 is 29.2 Å². The number of hydrogen-bond donors (Lipinski definition) is 3. The van der Waals surface area contributed by atoms with Gasteiger partial charge in [-0.3, -0.25) is 9.78 Å². The first kappa shape index (κ1) is 19.5. The fourth-order valence-electron chi connectivity index (χ4n) is 2.10. The van der Waals surface area contributed by atoms with Gasteiger partial charge in [-0.05, 0) is 6.07 Å². The number of anilines is 1. The molecule has 0 atom stereocenters. The molecule has 0 saturated carbocycles. The van der Waals surface area contributed by atoms with Crippen LogP contribution in [-0.2, 0) is 11.0 Å². The highest BCUT2D eigenvalue weighted by atomic mass is 35.5. The van der Waals surface area contributed by atoms with Crippen LogP contribution in [0.3, 0.4) is 0 Å². The monoisotopic (exact) mass is 364 g/mol. The van der Waals surface area contributed by atoms with Gasteiger partial charge in [0.2, 0.25) is 0 Å². The first-order valence-electron chi connectivity index (χ1n) is 6.39. The van der Waals surface area contributed by atoms with E-state index in [4.69, 9.17) is 10.2 Å². The van der Waals surface area contributed by atoms with Crippen molar-refractivity contribution in [3.05, 3.63) is 35.5 Å². The molecule has 24 heavy (non-hydrogen) atoms. The van der Waals surface area contributed by atoms with Crippen molar-refractivity contribution in [2.24, 2.45) is 0 Å². The lowest BCUT2D eigenvalue weighted by molar-refractivity contribution is -0.137. The van der Waals surface area contributed by atoms with E-state index in [0.29, 0.717) is 0 Å². The van der Waals surface area contributed by atoms with Gasteiger partial charge in [0.1, 0.15) is 5.56 Å². The smallest absolute Gasteiger partial charge is 0.418 e. The molecule has 0 fully saturated rings. The summed E-state index contributed by atoms with van der Waals surface area (Å²) in [5, 5.41) is 20.3. The molecule has 6 nitrogen and oxygen atoms in total. The number of aliphatic carboxylic acids is 1. The normalized spacial score (nSPS) is 11.0. The third-order valence-corrected chi connectivity index (χ3v) is 3.07. The zero-order chi connectivity index (χ0) is 17.2. The molecule has 1 aromatic heterocycles. The summed E-state index contributed by atoms with van der Waals surface area (Å²) in [5.74, 6) is -2.50. The van der Waals surface area contributed by atoms with Crippen LogP contribution in [0.4, 0.5) is 18.9 Å². The predicted molar refractivity (Wildman–Crippen MR) is 81.7 cm³/mol. The summed E-state index contributed by atoms with van der Waals surface area (Å²) in [4.78, 5) is 25.4. The van der Waals surface area contributed by atoms with Crippen LogP contribution < -0.4 is 5.32 Å². The number of halogens is 4. The lowest BCUT2D eigenvalue weighted by Crippen LogP contribution is -2.13. The number of alkyl halides is 3. The minimum atomic E-state index is -4.64. The summed E-state index contributed by atoms with van der Waals surface area (Å²) in [6.07, 6.45) is -4.14. The lowest BCUT2D eigenvalue weighted by Gasteiger charge is -2.15. The predicted octanol–water partition coefficient (Wildman–Crippen LogP) is 3.26. The van der Waals surface area contributed by atoms with Crippen molar-refractivity contribution < 1.29 is 33.0 Å². The maximum atomic E-state index is 13.0. The number of hydrogen-bond acceptors (Lipinski definition) is 4. The molecule has 0 aliphatic carbocycles. The molecule has 1 heterocycles. The number of carbonyl (C=O) groups is 2. The molecule has 2 rings (SSSR count). The van der Waals surface area contributed by atoms with Gasteiger partial charge in [0.05, 0.1) is 23.2 Å². The molecule has 0 radical (unpaired) electrons. The molecule has 0 bridgehead atoms. The van der Waals surface area contributed by atoms with Gasteiger partial charge < -0.3 is 15.5 Å². The second-order valence-corrected chi connectivity index (χ2v) is 4.62. The van der Waals surface area contributed by atoms with Crippen molar-refractivity contribution in [1.29, 1.82) is 0 Å². The zero-order valence-electron chi connectivity index (χ0n) is 11.9. The second-order valence-electron chi connectivity index (χ2n) is 4.62. The minimum Gasteiger partial charge on any atom is -0.481 e. The van der Waals surface area contributed by atoms with Crippen molar-refractivity contribution in [3.8, 4) is 0 Å². The molecule has 0 aliphatic heterocycles. The van der Waals surface area contributed by atoms with Crippen molar-refractivity contribution >= 4 is 40.9 Å². The van der Waals surface area contributed by atoms with E-state index in [2.05, 4.69) is 10.3 Å². The maximum Gasteiger partial charge on any atom is 0.418 e. The van der Waals surface area contributed by atoms with Gasteiger partial charge in [-0.1, -0.05) is 12.1 Å². The fourth-order valence-corrected chi connectivity index (χ4v) is 2.10. The number of carboxylic acid groups (broad SMARTS) is 2. The average molecular weight is 365 g/mol. The number of benzene rings is 1. The number of aromatic carboxylic acids is 1. The van der Waals surface area contributed by atoms with Crippen LogP contribution in [0.25, 0.3) is 10.9 Å². The van der Waals surface area contributed by atoms with Crippen LogP contribution in [0.2, 0.25) is 0 Å². The van der Waals surface area contributed by atoms with Gasteiger partial charge in [-0.15, -0.1) is 12.4 Å². The van der Waals surface area contributed by atoms with Crippen LogP contribution in [-0.4, -0.2) is 33.7 Å². The van der Waals surface area contributed by atoms with Gasteiger partial charge in [-0.2, -0.15) is 13.2 Å². The van der Waals surface area contributed by atoms with Gasteiger partial charge >= 0.3 is 18.1 Å². The van der Waals surface area contributed by atoms with E-state index in [1.54, 1.807) is 0 Å². The Morgan fingerprint density at radius 2 is 1.88 bits per heavy atom. The van der Waals surface area contributed by atoms with E-state index in [1.165, 1.54) is 6.07 Å². The molecule has 0 amide bonds. The number of carboxylic acids is 2. The van der Waals surface area contributed by atoms with E-state index in [9.17, 15) is 22.8 Å². The van der Waals surface area contributed by atoms with E-state index in [-0.39, 0.29) is 42.0 Å². The van der Waals surface area contributed by atoms with Crippen LogP contribution in [0.5, 0.6) is 0 Å². The van der Waals surface area contributed by atoms with Crippen LogP contribution in [0, 0.1) is 0 Å². The van der Waals surface area contributed by atoms with E-state index >= 15 is 0 Å². The molecule has 0 saturated heterocycles. The van der Waals surface area contributed by atoms with Crippen molar-refractivity contribution in [1.82, 2.24) is 4.98 Å². The Morgan fingerprint density at radius 3 is 2.42 bits per heavy atom. The van der Waals surface area contributed by atoms with Gasteiger partial charge in [-0.25, -0.2) is 4.79 Å². The summed E-state index contributed by atoms with van der Waals surface area (Å²) in [6, 6.07) is 3.28. The molecule has 0 unspecified atom stereocenters. The third-order valence-electron chi connectivity index (χ3n) is 3.07. The van der Waals surface area contributed by atoms with Crippen molar-refractivity contribution in [3.63, 3.8) is 0 Å². The van der Waals surface area contributed by atoms with E-state index in [1.807, 2.05) is 0 Å². The number of para-hydroxylation sites is 1. The average Bonchev–Trinajstić information content (AvgIpc) is 2.44. The molecular weight excluding hydrogens is 353 g/mol. The van der Waals surface area contributed by atoms with Gasteiger partial charge in [0.15, 0.2) is 0 Å². The first-order valence-corrected chi connectivity index (χ1v) is 6.39. The quantitative estimate of drug-likeness (QED) is 0.753. The Hall–Kier alpha value is -2.55. The molecule has 10 heteroatoms. The first-order chi connectivity index (χ1) is 10.7. The molecule has 130 valence electrons. The summed E-state index contributed by atoms with van der Waals surface area (Å²) >= 11 is 0.